The monoisotopic (exact) mass is 689 g/mol. The maximum absolute atomic E-state index is 13.1. The molecule has 3 nitrogen and oxygen atoms in total. The van der Waals surface area contributed by atoms with E-state index in [0.717, 1.165) is 68.2 Å². The van der Waals surface area contributed by atoms with Gasteiger partial charge in [-0.25, -0.2) is 0 Å². The van der Waals surface area contributed by atoms with Crippen molar-refractivity contribution in [1.82, 2.24) is 4.98 Å². The number of carbonyl (C=O) groups is 1. The number of hydrogen-bond donors (Lipinski definition) is 1. The molecule has 1 unspecified atom stereocenters. The zero-order valence-corrected chi connectivity index (χ0v) is 26.0. The fourth-order valence-electron chi connectivity index (χ4n) is 6.61. The summed E-state index contributed by atoms with van der Waals surface area (Å²) in [5.41, 5.74) is 3.81. The molecule has 3 aromatic rings. The first-order valence-corrected chi connectivity index (χ1v) is 14.2. The third-order valence-corrected chi connectivity index (χ3v) is 9.53. The SMILES string of the molecule is CCC1(CC)CCC2CCC(CC)(CC)C(O)=C2C1=O.Cc1cccc2c(-c3[c-]cccc3)nccc12.[Ir]. The standard InChI is InChI=1S/C18H30O2.C16H12N.Ir/c1-5-17(6-2)11-9-13-10-12-18(7-3,8-4)16(20)14(13)15(17)19;1-12-6-5-9-15-14(12)10-11-17-16(15)13-7-3-2-4-8-13;/h13,19H,5-12H2,1-4H3;2-7,9-11H,1H3;/q;-1;. The summed E-state index contributed by atoms with van der Waals surface area (Å²) in [6, 6.07) is 19.6. The first-order chi connectivity index (χ1) is 17.9. The molecule has 1 fully saturated rings. The van der Waals surface area contributed by atoms with Gasteiger partial charge in [0.1, 0.15) is 5.76 Å². The molecule has 2 aliphatic rings. The molecule has 1 saturated carbocycles. The molecule has 1 aromatic heterocycles. The fraction of sp³-hybridized carbons (Fsp3) is 0.471. The molecule has 38 heavy (non-hydrogen) atoms. The van der Waals surface area contributed by atoms with Crippen molar-refractivity contribution < 1.29 is 30.0 Å². The predicted octanol–water partition coefficient (Wildman–Crippen LogP) is 9.19. The number of Topliss-reactive ketones (excluding diaryl/α,β-unsaturated/α-hetero) is 1. The van der Waals surface area contributed by atoms with E-state index in [1.165, 1.54) is 16.3 Å². The van der Waals surface area contributed by atoms with Gasteiger partial charge in [0.05, 0.1) is 0 Å². The van der Waals surface area contributed by atoms with Crippen LogP contribution in [0.2, 0.25) is 0 Å². The van der Waals surface area contributed by atoms with Crippen LogP contribution in [0.15, 0.2) is 66.1 Å². The van der Waals surface area contributed by atoms with E-state index in [0.29, 0.717) is 11.7 Å². The van der Waals surface area contributed by atoms with Gasteiger partial charge in [0.2, 0.25) is 0 Å². The maximum atomic E-state index is 13.1. The number of pyridine rings is 1. The van der Waals surface area contributed by atoms with Crippen LogP contribution in [0, 0.1) is 29.7 Å². The minimum absolute atomic E-state index is 0. The number of aromatic nitrogens is 1. The van der Waals surface area contributed by atoms with E-state index in [2.05, 4.69) is 69.9 Å². The Morgan fingerprint density at radius 2 is 1.55 bits per heavy atom. The quantitative estimate of drug-likeness (QED) is 0.272. The number of carbonyl (C=O) groups excluding carboxylic acids is 1. The first kappa shape index (κ1) is 30.3. The van der Waals surface area contributed by atoms with Gasteiger partial charge in [0.25, 0.3) is 0 Å². The minimum Gasteiger partial charge on any atom is -0.511 e. The molecule has 5 rings (SSSR count). The van der Waals surface area contributed by atoms with Crippen LogP contribution >= 0.6 is 0 Å². The molecular formula is C34H42IrNO2-. The molecule has 0 aliphatic heterocycles. The van der Waals surface area contributed by atoms with E-state index in [1.54, 1.807) is 0 Å². The van der Waals surface area contributed by atoms with Crippen LogP contribution in [0.3, 0.4) is 0 Å². The van der Waals surface area contributed by atoms with E-state index < -0.39 is 0 Å². The van der Waals surface area contributed by atoms with Crippen molar-refractivity contribution in [2.45, 2.75) is 86.0 Å². The van der Waals surface area contributed by atoms with Gasteiger partial charge in [-0.2, -0.15) is 0 Å². The Labute approximate surface area is 242 Å². The second kappa shape index (κ2) is 12.7. The molecule has 0 saturated heterocycles. The molecule has 2 aliphatic carbocycles. The van der Waals surface area contributed by atoms with E-state index in [1.807, 2.05) is 30.5 Å². The summed E-state index contributed by atoms with van der Waals surface area (Å²) in [6.45, 7) is 10.6. The first-order valence-electron chi connectivity index (χ1n) is 14.2. The smallest absolute Gasteiger partial charge is 0.168 e. The Morgan fingerprint density at radius 3 is 2.16 bits per heavy atom. The van der Waals surface area contributed by atoms with Gasteiger partial charge in [-0.05, 0) is 92.3 Å². The normalized spacial score (nSPS) is 19.7. The van der Waals surface area contributed by atoms with Crippen molar-refractivity contribution >= 4 is 16.6 Å². The Bertz CT molecular complexity index is 1270. The Balaban J connectivity index is 0.000000207. The zero-order chi connectivity index (χ0) is 26.6. The topological polar surface area (TPSA) is 50.2 Å². The molecule has 0 spiro atoms. The molecule has 1 atom stereocenters. The molecule has 1 radical (unpaired) electrons. The Morgan fingerprint density at radius 1 is 0.895 bits per heavy atom. The van der Waals surface area contributed by atoms with Gasteiger partial charge >= 0.3 is 0 Å². The van der Waals surface area contributed by atoms with Gasteiger partial charge in [-0.3, -0.25) is 4.79 Å². The van der Waals surface area contributed by atoms with E-state index in [-0.39, 0.29) is 36.7 Å². The molecule has 0 bridgehead atoms. The number of ketones is 1. The number of allylic oxidation sites excluding steroid dienone is 2. The van der Waals surface area contributed by atoms with Gasteiger partial charge in [0, 0.05) is 42.7 Å². The average molecular weight is 689 g/mol. The summed E-state index contributed by atoms with van der Waals surface area (Å²) >= 11 is 0. The third-order valence-electron chi connectivity index (χ3n) is 9.53. The zero-order valence-electron chi connectivity index (χ0n) is 23.6. The largest absolute Gasteiger partial charge is 0.511 e. The van der Waals surface area contributed by atoms with Crippen LogP contribution in [0.5, 0.6) is 0 Å². The Hall–Kier alpha value is -2.29. The Kier molecular flexibility index (Phi) is 10.1. The van der Waals surface area contributed by atoms with Crippen molar-refractivity contribution in [3.8, 4) is 11.3 Å². The van der Waals surface area contributed by atoms with Crippen LogP contribution in [-0.4, -0.2) is 15.9 Å². The van der Waals surface area contributed by atoms with Crippen LogP contribution < -0.4 is 0 Å². The second-order valence-electron chi connectivity index (χ2n) is 10.9. The molecule has 205 valence electrons. The number of aliphatic hydroxyl groups excluding tert-OH is 1. The van der Waals surface area contributed by atoms with Gasteiger partial charge in [0.15, 0.2) is 5.78 Å². The van der Waals surface area contributed by atoms with E-state index in [4.69, 9.17) is 0 Å². The second-order valence-corrected chi connectivity index (χ2v) is 10.9. The van der Waals surface area contributed by atoms with Crippen molar-refractivity contribution in [2.75, 3.05) is 0 Å². The van der Waals surface area contributed by atoms with E-state index >= 15 is 0 Å². The van der Waals surface area contributed by atoms with Crippen LogP contribution in [0.1, 0.15) is 84.6 Å². The number of rotatable bonds is 5. The number of nitrogens with zero attached hydrogens (tertiary/aromatic N) is 1. The molecule has 0 amide bonds. The van der Waals surface area contributed by atoms with E-state index in [9.17, 15) is 9.90 Å². The summed E-state index contributed by atoms with van der Waals surface area (Å²) in [6.07, 6.45) is 9.74. The molecule has 2 aromatic carbocycles. The predicted molar refractivity (Wildman–Crippen MR) is 153 cm³/mol. The van der Waals surface area contributed by atoms with Crippen LogP contribution in [0.25, 0.3) is 22.0 Å². The molecular weight excluding hydrogens is 647 g/mol. The maximum Gasteiger partial charge on any atom is 0.168 e. The summed E-state index contributed by atoms with van der Waals surface area (Å²) in [5, 5.41) is 13.3. The van der Waals surface area contributed by atoms with Crippen LogP contribution in [0.4, 0.5) is 0 Å². The average Bonchev–Trinajstić information content (AvgIpc) is 2.95. The number of benzene rings is 2. The van der Waals surface area contributed by atoms with Gasteiger partial charge < -0.3 is 10.1 Å². The molecule has 1 heterocycles. The summed E-state index contributed by atoms with van der Waals surface area (Å²) in [4.78, 5) is 17.5. The van der Waals surface area contributed by atoms with Crippen molar-refractivity contribution in [3.05, 3.63) is 77.7 Å². The van der Waals surface area contributed by atoms with Gasteiger partial charge in [-0.1, -0.05) is 45.9 Å². The summed E-state index contributed by atoms with van der Waals surface area (Å²) in [7, 11) is 0. The van der Waals surface area contributed by atoms with Gasteiger partial charge in [-0.15, -0.1) is 35.9 Å². The summed E-state index contributed by atoms with van der Waals surface area (Å²) < 4.78 is 0. The van der Waals surface area contributed by atoms with Crippen molar-refractivity contribution in [3.63, 3.8) is 0 Å². The van der Waals surface area contributed by atoms with Crippen molar-refractivity contribution in [2.24, 2.45) is 16.7 Å². The van der Waals surface area contributed by atoms with Crippen molar-refractivity contribution in [1.29, 1.82) is 0 Å². The molecule has 1 N–H and O–H groups in total. The minimum atomic E-state index is -0.204. The van der Waals surface area contributed by atoms with Crippen LogP contribution in [-0.2, 0) is 24.9 Å². The fourth-order valence-corrected chi connectivity index (χ4v) is 6.61. The number of fused-ring (bicyclic) bond motifs is 2. The number of aliphatic hydroxyl groups is 1. The number of hydrogen-bond acceptors (Lipinski definition) is 3. The third kappa shape index (κ3) is 5.40. The summed E-state index contributed by atoms with van der Waals surface area (Å²) in [5.74, 6) is 1.04. The number of aryl methyl sites for hydroxylation is 1. The molecule has 4 heteroatoms.